The first-order valence-corrected chi connectivity index (χ1v) is 11.5. The Morgan fingerprint density at radius 2 is 1.17 bits per heavy atom. The average molecular weight is 410 g/mol. The minimum atomic E-state index is 0.452. The lowest BCUT2D eigenvalue weighted by Gasteiger charge is -2.06. The number of phenolic OH excluding ortho intramolecular Hbond substituents is 1. The van der Waals surface area contributed by atoms with E-state index in [-0.39, 0.29) is 0 Å². The lowest BCUT2D eigenvalue weighted by atomic mass is 10.0. The van der Waals surface area contributed by atoms with E-state index in [2.05, 4.69) is 22.9 Å². The van der Waals surface area contributed by atoms with E-state index in [1.807, 2.05) is 18.2 Å². The van der Waals surface area contributed by atoms with E-state index in [1.54, 1.807) is 6.07 Å². The molecule has 0 aliphatic carbocycles. The fourth-order valence-electron chi connectivity index (χ4n) is 2.93. The molecular formula is C23H47N5O. The molecule has 0 unspecified atom stereocenters. The Labute approximate surface area is 179 Å². The SMILES string of the molecule is CCCCCCCCCc1ccccc1O.NCCNCCNCCNCCN. The largest absolute Gasteiger partial charge is 0.508 e. The summed E-state index contributed by atoms with van der Waals surface area (Å²) >= 11 is 0. The van der Waals surface area contributed by atoms with E-state index in [9.17, 15) is 5.11 Å². The number of unbranched alkanes of at least 4 members (excludes halogenated alkanes) is 6. The Hall–Kier alpha value is -1.18. The van der Waals surface area contributed by atoms with Crippen molar-refractivity contribution < 1.29 is 5.11 Å². The van der Waals surface area contributed by atoms with Crippen molar-refractivity contribution in [1.82, 2.24) is 16.0 Å². The molecule has 0 aromatic heterocycles. The summed E-state index contributed by atoms with van der Waals surface area (Å²) in [6.07, 6.45) is 10.3. The number of hydrogen-bond donors (Lipinski definition) is 6. The molecule has 29 heavy (non-hydrogen) atoms. The van der Waals surface area contributed by atoms with Crippen molar-refractivity contribution in [3.63, 3.8) is 0 Å². The summed E-state index contributed by atoms with van der Waals surface area (Å²) in [5.74, 6) is 0.452. The van der Waals surface area contributed by atoms with Crippen molar-refractivity contribution in [2.75, 3.05) is 52.4 Å². The van der Waals surface area contributed by atoms with Gasteiger partial charge in [-0.25, -0.2) is 0 Å². The lowest BCUT2D eigenvalue weighted by Crippen LogP contribution is -2.35. The fourth-order valence-corrected chi connectivity index (χ4v) is 2.93. The maximum atomic E-state index is 9.58. The number of benzene rings is 1. The first kappa shape index (κ1) is 27.8. The van der Waals surface area contributed by atoms with Crippen LogP contribution in [-0.4, -0.2) is 57.5 Å². The van der Waals surface area contributed by atoms with Crippen LogP contribution in [0.5, 0.6) is 5.75 Å². The molecule has 6 heteroatoms. The van der Waals surface area contributed by atoms with Crippen LogP contribution in [0.4, 0.5) is 0 Å². The summed E-state index contributed by atoms with van der Waals surface area (Å²) in [6, 6.07) is 7.67. The van der Waals surface area contributed by atoms with Gasteiger partial charge in [-0.1, -0.05) is 63.6 Å². The average Bonchev–Trinajstić information content (AvgIpc) is 2.74. The topological polar surface area (TPSA) is 108 Å². The smallest absolute Gasteiger partial charge is 0.118 e. The van der Waals surface area contributed by atoms with Crippen LogP contribution in [0.2, 0.25) is 0 Å². The van der Waals surface area contributed by atoms with Gasteiger partial charge in [0.1, 0.15) is 5.75 Å². The second kappa shape index (κ2) is 23.1. The highest BCUT2D eigenvalue weighted by atomic mass is 16.3. The van der Waals surface area contributed by atoms with Gasteiger partial charge < -0.3 is 32.5 Å². The predicted octanol–water partition coefficient (Wildman–Crippen LogP) is 2.36. The Morgan fingerprint density at radius 3 is 1.69 bits per heavy atom. The van der Waals surface area contributed by atoms with E-state index < -0.39 is 0 Å². The number of nitrogens with two attached hydrogens (primary N) is 2. The summed E-state index contributed by atoms with van der Waals surface area (Å²) in [7, 11) is 0. The van der Waals surface area contributed by atoms with Crippen LogP contribution in [0.3, 0.4) is 0 Å². The van der Waals surface area contributed by atoms with Gasteiger partial charge in [-0.15, -0.1) is 0 Å². The minimum Gasteiger partial charge on any atom is -0.508 e. The van der Waals surface area contributed by atoms with Gasteiger partial charge in [0.2, 0.25) is 0 Å². The monoisotopic (exact) mass is 409 g/mol. The first-order valence-electron chi connectivity index (χ1n) is 11.5. The summed E-state index contributed by atoms with van der Waals surface area (Å²) in [5, 5.41) is 19.3. The molecule has 0 fully saturated rings. The number of phenols is 1. The van der Waals surface area contributed by atoms with Gasteiger partial charge in [0, 0.05) is 52.4 Å². The fraction of sp³-hybridized carbons (Fsp3) is 0.739. The van der Waals surface area contributed by atoms with Crippen LogP contribution in [0.1, 0.15) is 57.4 Å². The molecule has 0 aliphatic heterocycles. The highest BCUT2D eigenvalue weighted by molar-refractivity contribution is 5.31. The van der Waals surface area contributed by atoms with Gasteiger partial charge >= 0.3 is 0 Å². The quantitative estimate of drug-likeness (QED) is 0.208. The molecule has 0 atom stereocenters. The molecule has 6 nitrogen and oxygen atoms in total. The van der Waals surface area contributed by atoms with E-state index in [4.69, 9.17) is 11.5 Å². The van der Waals surface area contributed by atoms with Crippen molar-refractivity contribution in [3.8, 4) is 5.75 Å². The Balaban J connectivity index is 0.000000555. The van der Waals surface area contributed by atoms with Gasteiger partial charge in [-0.3, -0.25) is 0 Å². The second-order valence-corrected chi connectivity index (χ2v) is 7.33. The van der Waals surface area contributed by atoms with Crippen molar-refractivity contribution in [1.29, 1.82) is 0 Å². The zero-order chi connectivity index (χ0) is 21.4. The van der Waals surface area contributed by atoms with E-state index in [0.717, 1.165) is 51.3 Å². The summed E-state index contributed by atoms with van der Waals surface area (Å²) in [5.41, 5.74) is 11.7. The first-order chi connectivity index (χ1) is 14.3. The van der Waals surface area contributed by atoms with Gasteiger partial charge in [0.25, 0.3) is 0 Å². The molecule has 0 aliphatic rings. The molecule has 0 radical (unpaired) electrons. The van der Waals surface area contributed by atoms with Crippen molar-refractivity contribution >= 4 is 0 Å². The summed E-state index contributed by atoms with van der Waals surface area (Å²) in [4.78, 5) is 0. The van der Waals surface area contributed by atoms with Crippen LogP contribution < -0.4 is 27.4 Å². The summed E-state index contributed by atoms with van der Waals surface area (Å²) in [6.45, 7) is 9.39. The van der Waals surface area contributed by atoms with Crippen LogP contribution in [0, 0.1) is 0 Å². The highest BCUT2D eigenvalue weighted by Crippen LogP contribution is 2.18. The zero-order valence-electron chi connectivity index (χ0n) is 18.7. The minimum absolute atomic E-state index is 0.452. The normalized spacial score (nSPS) is 10.6. The molecule has 8 N–H and O–H groups in total. The third-order valence-corrected chi connectivity index (χ3v) is 4.64. The number of nitrogens with one attached hydrogen (secondary N) is 3. The second-order valence-electron chi connectivity index (χ2n) is 7.33. The van der Waals surface area contributed by atoms with E-state index in [0.29, 0.717) is 18.8 Å². The van der Waals surface area contributed by atoms with Gasteiger partial charge in [-0.2, -0.15) is 0 Å². The van der Waals surface area contributed by atoms with Crippen molar-refractivity contribution in [3.05, 3.63) is 29.8 Å². The number of para-hydroxylation sites is 1. The Kier molecular flexibility index (Phi) is 22.2. The maximum Gasteiger partial charge on any atom is 0.118 e. The van der Waals surface area contributed by atoms with Crippen LogP contribution in [-0.2, 0) is 6.42 Å². The molecule has 1 rings (SSSR count). The van der Waals surface area contributed by atoms with Crippen molar-refractivity contribution in [2.45, 2.75) is 58.3 Å². The maximum absolute atomic E-state index is 9.58. The molecule has 0 saturated heterocycles. The highest BCUT2D eigenvalue weighted by Gasteiger charge is 1.98. The molecule has 170 valence electrons. The third kappa shape index (κ3) is 19.9. The van der Waals surface area contributed by atoms with Gasteiger partial charge in [-0.05, 0) is 24.5 Å². The summed E-state index contributed by atoms with van der Waals surface area (Å²) < 4.78 is 0. The molecule has 1 aromatic rings. The number of hydrogen-bond acceptors (Lipinski definition) is 6. The van der Waals surface area contributed by atoms with Crippen LogP contribution in [0.15, 0.2) is 24.3 Å². The van der Waals surface area contributed by atoms with E-state index >= 15 is 0 Å². The van der Waals surface area contributed by atoms with Crippen LogP contribution in [0.25, 0.3) is 0 Å². The van der Waals surface area contributed by atoms with Gasteiger partial charge in [0.15, 0.2) is 0 Å². The zero-order valence-corrected chi connectivity index (χ0v) is 18.7. The Morgan fingerprint density at radius 1 is 0.690 bits per heavy atom. The molecule has 1 aromatic carbocycles. The van der Waals surface area contributed by atoms with Crippen molar-refractivity contribution in [2.24, 2.45) is 11.5 Å². The lowest BCUT2D eigenvalue weighted by molar-refractivity contribution is 0.466. The molecule has 0 bridgehead atoms. The number of aryl methyl sites for hydroxylation is 1. The number of rotatable bonds is 18. The Bertz CT molecular complexity index is 435. The third-order valence-electron chi connectivity index (χ3n) is 4.64. The van der Waals surface area contributed by atoms with Crippen LogP contribution >= 0.6 is 0 Å². The van der Waals surface area contributed by atoms with Gasteiger partial charge in [0.05, 0.1) is 0 Å². The molecule has 0 spiro atoms. The standard InChI is InChI=1S/C15H24O.C8H23N5/c1-2-3-4-5-6-7-8-11-14-12-9-10-13-15(14)16;9-1-3-11-5-7-13-8-6-12-4-2-10/h9-10,12-13,16H,2-8,11H2,1H3;11-13H,1-10H2. The van der Waals surface area contributed by atoms with E-state index in [1.165, 1.54) is 44.9 Å². The molecule has 0 heterocycles. The molecule has 0 amide bonds. The predicted molar refractivity (Wildman–Crippen MR) is 127 cm³/mol. The number of aromatic hydroxyl groups is 1. The molecular weight excluding hydrogens is 362 g/mol. The molecule has 0 saturated carbocycles.